The number of aromatic nitrogens is 3. The molecule has 0 saturated carbocycles. The van der Waals surface area contributed by atoms with E-state index in [1.54, 1.807) is 30.6 Å². The zero-order valence-corrected chi connectivity index (χ0v) is 27.9. The van der Waals surface area contributed by atoms with Crippen LogP contribution < -0.4 is 15.4 Å². The summed E-state index contributed by atoms with van der Waals surface area (Å²) < 4.78 is 27.5. The molecule has 49 heavy (non-hydrogen) atoms. The highest BCUT2D eigenvalue weighted by Gasteiger charge is 2.39. The number of thiazole rings is 1. The van der Waals surface area contributed by atoms with E-state index < -0.39 is 11.9 Å². The maximum Gasteiger partial charge on any atom is 0.255 e. The fraction of sp³-hybridized carbons (Fsp3) is 0.278. The van der Waals surface area contributed by atoms with Gasteiger partial charge in [0.15, 0.2) is 0 Å². The second kappa shape index (κ2) is 15.3. The number of hydrogen-bond acceptors (Lipinski definition) is 10. The SMILES string of the molecule is CC.O=C1CCC(N2Cc3cc(OCCOCCNc4ccc5nc(-c6ccc(-c7cncnc7)cc6F)sc5c4)ccc3C2=O)C(=O)N1. The van der Waals surface area contributed by atoms with Crippen LogP contribution in [0.3, 0.4) is 0 Å². The van der Waals surface area contributed by atoms with Crippen molar-refractivity contribution in [3.63, 3.8) is 0 Å². The minimum Gasteiger partial charge on any atom is -0.491 e. The number of imide groups is 1. The summed E-state index contributed by atoms with van der Waals surface area (Å²) in [5.41, 5.74) is 4.92. The van der Waals surface area contributed by atoms with Gasteiger partial charge in [-0.1, -0.05) is 19.9 Å². The number of hydrogen-bond donors (Lipinski definition) is 2. The minimum atomic E-state index is -0.648. The summed E-state index contributed by atoms with van der Waals surface area (Å²) in [5, 5.41) is 6.26. The largest absolute Gasteiger partial charge is 0.491 e. The standard InChI is InChI=1S/C34H29FN6O5S.C2H6/c35-27-14-20(22-16-36-19-37-17-22)1-4-26(27)33-39-28-6-2-23(15-30(28)47-33)38-9-10-45-11-12-46-24-3-5-25-21(13-24)18-41(34(25)44)29-7-8-31(42)40-32(29)43;1-2/h1-6,13-17,19,29,38H,7-12,18H2,(H,40,42,43);1-2H3. The van der Waals surface area contributed by atoms with Gasteiger partial charge in [0.1, 0.15) is 35.6 Å². The van der Waals surface area contributed by atoms with Crippen LogP contribution in [0.15, 0.2) is 73.3 Å². The van der Waals surface area contributed by atoms with Crippen LogP contribution in [0.4, 0.5) is 10.1 Å². The van der Waals surface area contributed by atoms with Gasteiger partial charge in [-0.05, 0) is 66.1 Å². The predicted molar refractivity (Wildman–Crippen MR) is 185 cm³/mol. The Morgan fingerprint density at radius 1 is 0.959 bits per heavy atom. The zero-order chi connectivity index (χ0) is 34.3. The molecule has 2 N–H and O–H groups in total. The van der Waals surface area contributed by atoms with Crippen LogP contribution in [0.25, 0.3) is 31.9 Å². The van der Waals surface area contributed by atoms with Crippen molar-refractivity contribution in [1.29, 1.82) is 0 Å². The first-order chi connectivity index (χ1) is 23.9. The molecule has 1 fully saturated rings. The molecule has 2 aliphatic heterocycles. The second-order valence-corrected chi connectivity index (χ2v) is 12.2. The number of carbonyl (C=O) groups is 3. The smallest absolute Gasteiger partial charge is 0.255 e. The van der Waals surface area contributed by atoms with Crippen molar-refractivity contribution in [3.05, 3.63) is 90.3 Å². The summed E-state index contributed by atoms with van der Waals surface area (Å²) in [5.74, 6) is -0.702. The molecule has 1 saturated heterocycles. The number of rotatable bonds is 11. The molecule has 0 aliphatic carbocycles. The number of benzene rings is 3. The maximum atomic E-state index is 15.0. The van der Waals surface area contributed by atoms with Gasteiger partial charge in [0.25, 0.3) is 5.91 Å². The monoisotopic (exact) mass is 682 g/mol. The average Bonchev–Trinajstić information content (AvgIpc) is 3.69. The summed E-state index contributed by atoms with van der Waals surface area (Å²) in [6.07, 6.45) is 5.27. The summed E-state index contributed by atoms with van der Waals surface area (Å²) >= 11 is 1.43. The Hall–Kier alpha value is -5.27. The molecule has 13 heteroatoms. The fourth-order valence-corrected chi connectivity index (χ4v) is 6.73. The normalized spacial score (nSPS) is 15.4. The molecule has 3 amide bonds. The van der Waals surface area contributed by atoms with Crippen LogP contribution in [0.2, 0.25) is 0 Å². The molecule has 3 aromatic carbocycles. The number of halogens is 1. The number of ether oxygens (including phenoxy) is 2. The molecule has 1 unspecified atom stereocenters. The number of anilines is 1. The van der Waals surface area contributed by atoms with E-state index >= 15 is 4.39 Å². The number of piperidine rings is 1. The molecule has 2 aromatic heterocycles. The van der Waals surface area contributed by atoms with Crippen molar-refractivity contribution in [1.82, 2.24) is 25.2 Å². The van der Waals surface area contributed by atoms with E-state index in [0.29, 0.717) is 66.8 Å². The molecule has 0 spiro atoms. The third-order valence-electron chi connectivity index (χ3n) is 8.05. The van der Waals surface area contributed by atoms with Crippen molar-refractivity contribution in [2.24, 2.45) is 0 Å². The van der Waals surface area contributed by atoms with Gasteiger partial charge in [-0.15, -0.1) is 11.3 Å². The molecule has 5 aromatic rings. The lowest BCUT2D eigenvalue weighted by Crippen LogP contribution is -2.52. The van der Waals surface area contributed by atoms with Crippen LogP contribution in [0, 0.1) is 5.82 Å². The molecule has 11 nitrogen and oxygen atoms in total. The lowest BCUT2D eigenvalue weighted by atomic mass is 10.0. The van der Waals surface area contributed by atoms with Crippen LogP contribution in [0.1, 0.15) is 42.6 Å². The minimum absolute atomic E-state index is 0.216. The van der Waals surface area contributed by atoms with Gasteiger partial charge in [-0.2, -0.15) is 0 Å². The van der Waals surface area contributed by atoms with E-state index in [9.17, 15) is 14.4 Å². The Morgan fingerprint density at radius 3 is 2.57 bits per heavy atom. The first kappa shape index (κ1) is 33.6. The Balaban J connectivity index is 0.00000205. The highest BCUT2D eigenvalue weighted by Crippen LogP contribution is 2.35. The van der Waals surface area contributed by atoms with E-state index in [-0.39, 0.29) is 24.1 Å². The van der Waals surface area contributed by atoms with Crippen LogP contribution in [-0.2, 0) is 20.9 Å². The quantitative estimate of drug-likeness (QED) is 0.130. The van der Waals surface area contributed by atoms with Crippen molar-refractivity contribution < 1.29 is 28.2 Å². The van der Waals surface area contributed by atoms with E-state index in [2.05, 4.69) is 25.6 Å². The van der Waals surface area contributed by atoms with Gasteiger partial charge in [-0.25, -0.2) is 19.3 Å². The predicted octanol–water partition coefficient (Wildman–Crippen LogP) is 5.85. The topological polar surface area (TPSA) is 136 Å². The van der Waals surface area contributed by atoms with E-state index in [1.165, 1.54) is 28.6 Å². The van der Waals surface area contributed by atoms with Gasteiger partial charge in [-0.3, -0.25) is 19.7 Å². The van der Waals surface area contributed by atoms with Crippen LogP contribution in [-0.4, -0.2) is 70.0 Å². The zero-order valence-electron chi connectivity index (χ0n) is 27.1. The molecule has 2 aliphatic rings. The lowest BCUT2D eigenvalue weighted by molar-refractivity contribution is -0.136. The Bertz CT molecular complexity index is 1990. The number of amides is 3. The first-order valence-electron chi connectivity index (χ1n) is 16.1. The molecule has 0 bridgehead atoms. The third kappa shape index (κ3) is 7.58. The number of fused-ring (bicyclic) bond motifs is 2. The van der Waals surface area contributed by atoms with Crippen molar-refractivity contribution in [2.45, 2.75) is 39.3 Å². The first-order valence-corrected chi connectivity index (χ1v) is 16.9. The van der Waals surface area contributed by atoms with Crippen molar-refractivity contribution in [2.75, 3.05) is 31.7 Å². The molecule has 1 atom stereocenters. The highest BCUT2D eigenvalue weighted by atomic mass is 32.1. The summed E-state index contributed by atoms with van der Waals surface area (Å²) in [6, 6.07) is 15.5. The molecular formula is C36H35FN6O5S. The van der Waals surface area contributed by atoms with Gasteiger partial charge in [0, 0.05) is 54.3 Å². The van der Waals surface area contributed by atoms with Crippen molar-refractivity contribution in [3.8, 4) is 27.4 Å². The second-order valence-electron chi connectivity index (χ2n) is 11.1. The Labute approximate surface area is 286 Å². The third-order valence-corrected chi connectivity index (χ3v) is 9.10. The maximum absolute atomic E-state index is 15.0. The van der Waals surface area contributed by atoms with E-state index in [0.717, 1.165) is 27.0 Å². The molecular weight excluding hydrogens is 647 g/mol. The molecule has 0 radical (unpaired) electrons. The summed E-state index contributed by atoms with van der Waals surface area (Å²) in [4.78, 5) is 50.7. The lowest BCUT2D eigenvalue weighted by Gasteiger charge is -2.29. The van der Waals surface area contributed by atoms with Crippen LogP contribution >= 0.6 is 11.3 Å². The van der Waals surface area contributed by atoms with E-state index in [1.807, 2.05) is 44.2 Å². The summed E-state index contributed by atoms with van der Waals surface area (Å²) in [7, 11) is 0. The Morgan fingerprint density at radius 2 is 1.78 bits per heavy atom. The number of nitrogens with one attached hydrogen (secondary N) is 2. The number of nitrogens with zero attached hydrogens (tertiary/aromatic N) is 4. The Kier molecular flexibility index (Phi) is 10.5. The molecule has 7 rings (SSSR count). The van der Waals surface area contributed by atoms with Gasteiger partial charge >= 0.3 is 0 Å². The molecule has 4 heterocycles. The van der Waals surface area contributed by atoms with Gasteiger partial charge < -0.3 is 19.7 Å². The molecule has 252 valence electrons. The van der Waals surface area contributed by atoms with Gasteiger partial charge in [0.2, 0.25) is 11.8 Å². The van der Waals surface area contributed by atoms with E-state index in [4.69, 9.17) is 9.47 Å². The fourth-order valence-electron chi connectivity index (χ4n) is 5.69. The van der Waals surface area contributed by atoms with Gasteiger partial charge in [0.05, 0.1) is 23.4 Å². The highest BCUT2D eigenvalue weighted by molar-refractivity contribution is 7.21. The average molecular weight is 683 g/mol. The summed E-state index contributed by atoms with van der Waals surface area (Å²) in [6.45, 7) is 6.03. The van der Waals surface area contributed by atoms with Crippen LogP contribution in [0.5, 0.6) is 5.75 Å². The van der Waals surface area contributed by atoms with Crippen molar-refractivity contribution >= 4 is 45.0 Å². The number of carbonyl (C=O) groups excluding carboxylic acids is 3.